The van der Waals surface area contributed by atoms with Gasteiger partial charge in [0.25, 0.3) is 5.91 Å². The van der Waals surface area contributed by atoms with Gasteiger partial charge in [0.1, 0.15) is 9.71 Å². The first kappa shape index (κ1) is 21.1. The van der Waals surface area contributed by atoms with Crippen LogP contribution in [-0.4, -0.2) is 45.5 Å². The maximum absolute atomic E-state index is 13.2. The van der Waals surface area contributed by atoms with Crippen molar-refractivity contribution >= 4 is 27.5 Å². The van der Waals surface area contributed by atoms with E-state index >= 15 is 0 Å². The topological polar surface area (TPSA) is 50.2 Å². The first-order chi connectivity index (χ1) is 14.5. The molecule has 6 heteroatoms. The highest BCUT2D eigenvalue weighted by atomic mass is 32.1. The van der Waals surface area contributed by atoms with Crippen molar-refractivity contribution < 1.29 is 4.79 Å². The Morgan fingerprint density at radius 2 is 1.90 bits per heavy atom. The molecule has 0 aliphatic carbocycles. The molecule has 1 saturated heterocycles. The number of carbonyl (C=O) groups is 1. The Labute approximate surface area is 183 Å². The minimum absolute atomic E-state index is 0.00139. The zero-order chi connectivity index (χ0) is 21.3. The number of piperidine rings is 1. The van der Waals surface area contributed by atoms with Gasteiger partial charge in [-0.3, -0.25) is 9.69 Å². The third-order valence-corrected chi connectivity index (χ3v) is 7.36. The number of amides is 1. The Bertz CT molecular complexity index is 1010. The van der Waals surface area contributed by atoms with Gasteiger partial charge in [0.15, 0.2) is 0 Å². The number of carbonyl (C=O) groups excluding carboxylic acids is 1. The summed E-state index contributed by atoms with van der Waals surface area (Å²) >= 11 is 1.49. The average molecular weight is 425 g/mol. The van der Waals surface area contributed by atoms with Gasteiger partial charge in [-0.05, 0) is 70.7 Å². The van der Waals surface area contributed by atoms with Crippen molar-refractivity contribution in [1.29, 1.82) is 0 Å². The molecule has 3 aromatic rings. The van der Waals surface area contributed by atoms with Crippen molar-refractivity contribution in [2.24, 2.45) is 0 Å². The molecule has 160 valence electrons. The van der Waals surface area contributed by atoms with E-state index in [1.807, 2.05) is 36.0 Å². The number of likely N-dealkylation sites (tertiary alicyclic amines) is 1. The summed E-state index contributed by atoms with van der Waals surface area (Å²) in [4.78, 5) is 22.1. The molecule has 2 unspecified atom stereocenters. The summed E-state index contributed by atoms with van der Waals surface area (Å²) in [6.07, 6.45) is 8.86. The molecule has 1 aliphatic heterocycles. The van der Waals surface area contributed by atoms with Crippen LogP contribution in [0, 0.1) is 13.8 Å². The molecule has 4 rings (SSSR count). The van der Waals surface area contributed by atoms with Crippen molar-refractivity contribution in [3.05, 3.63) is 46.7 Å². The third-order valence-electron chi connectivity index (χ3n) is 6.29. The first-order valence-electron chi connectivity index (χ1n) is 11.0. The van der Waals surface area contributed by atoms with Crippen molar-refractivity contribution in [2.75, 3.05) is 13.1 Å². The molecule has 0 spiro atoms. The second-order valence-corrected chi connectivity index (χ2v) is 9.61. The fourth-order valence-corrected chi connectivity index (χ4v) is 5.98. The van der Waals surface area contributed by atoms with Gasteiger partial charge in [-0.1, -0.05) is 6.42 Å². The van der Waals surface area contributed by atoms with Crippen LogP contribution in [0.5, 0.6) is 0 Å². The Morgan fingerprint density at radius 1 is 1.20 bits per heavy atom. The SMILES string of the molecule is Cc1cc(C)c2c(-n3cccc3)c(C(=O)NCCCN3C(C)CCCC3C)sc2n1. The van der Waals surface area contributed by atoms with E-state index in [1.54, 1.807) is 0 Å². The maximum atomic E-state index is 13.2. The van der Waals surface area contributed by atoms with Crippen LogP contribution in [0.1, 0.15) is 60.5 Å². The molecule has 0 aromatic carbocycles. The molecule has 1 amide bonds. The third kappa shape index (κ3) is 4.16. The van der Waals surface area contributed by atoms with Crippen molar-refractivity contribution in [3.8, 4) is 5.69 Å². The van der Waals surface area contributed by atoms with Gasteiger partial charge in [-0.2, -0.15) is 0 Å². The van der Waals surface area contributed by atoms with Gasteiger partial charge < -0.3 is 9.88 Å². The van der Waals surface area contributed by atoms with Crippen molar-refractivity contribution in [2.45, 2.75) is 65.5 Å². The molecule has 5 nitrogen and oxygen atoms in total. The molecule has 1 N–H and O–H groups in total. The molecule has 0 bridgehead atoms. The number of thiophene rings is 1. The molecular weight excluding hydrogens is 392 g/mol. The molecule has 3 aromatic heterocycles. The first-order valence-corrected chi connectivity index (χ1v) is 11.9. The van der Waals surface area contributed by atoms with Crippen LogP contribution in [0.15, 0.2) is 30.6 Å². The van der Waals surface area contributed by atoms with Gasteiger partial charge in [-0.15, -0.1) is 11.3 Å². The van der Waals surface area contributed by atoms with Crippen LogP contribution in [0.25, 0.3) is 15.9 Å². The maximum Gasteiger partial charge on any atom is 0.263 e. The van der Waals surface area contributed by atoms with Crippen molar-refractivity contribution in [3.63, 3.8) is 0 Å². The second-order valence-electron chi connectivity index (χ2n) is 8.61. The lowest BCUT2D eigenvalue weighted by Crippen LogP contribution is -2.44. The quantitative estimate of drug-likeness (QED) is 0.561. The summed E-state index contributed by atoms with van der Waals surface area (Å²) in [5.41, 5.74) is 3.09. The minimum atomic E-state index is -0.00139. The highest BCUT2D eigenvalue weighted by Gasteiger charge is 2.25. The normalized spacial score (nSPS) is 20.0. The van der Waals surface area contributed by atoms with Gasteiger partial charge in [0.2, 0.25) is 0 Å². The van der Waals surface area contributed by atoms with E-state index in [1.165, 1.54) is 30.6 Å². The smallest absolute Gasteiger partial charge is 0.263 e. The van der Waals surface area contributed by atoms with E-state index < -0.39 is 0 Å². The molecular formula is C24H32N4OS. The lowest BCUT2D eigenvalue weighted by Gasteiger charge is -2.39. The lowest BCUT2D eigenvalue weighted by atomic mass is 9.97. The summed E-state index contributed by atoms with van der Waals surface area (Å²) in [7, 11) is 0. The Hall–Kier alpha value is -2.18. The van der Waals surface area contributed by atoms with E-state index in [2.05, 4.69) is 37.1 Å². The van der Waals surface area contributed by atoms with Crippen LogP contribution in [-0.2, 0) is 0 Å². The van der Waals surface area contributed by atoms with Gasteiger partial charge >= 0.3 is 0 Å². The van der Waals surface area contributed by atoms with E-state index in [0.717, 1.165) is 45.0 Å². The molecule has 1 aliphatic rings. The minimum Gasteiger partial charge on any atom is -0.351 e. The number of fused-ring (bicyclic) bond motifs is 1. The number of pyridine rings is 1. The zero-order valence-corrected chi connectivity index (χ0v) is 19.3. The number of rotatable bonds is 6. The molecule has 2 atom stereocenters. The predicted molar refractivity (Wildman–Crippen MR) is 125 cm³/mol. The highest BCUT2D eigenvalue weighted by Crippen LogP contribution is 2.35. The van der Waals surface area contributed by atoms with Gasteiger partial charge in [-0.25, -0.2) is 4.98 Å². The molecule has 30 heavy (non-hydrogen) atoms. The summed E-state index contributed by atoms with van der Waals surface area (Å²) in [5, 5.41) is 4.24. The van der Waals surface area contributed by atoms with E-state index in [-0.39, 0.29) is 5.91 Å². The summed E-state index contributed by atoms with van der Waals surface area (Å²) in [6, 6.07) is 7.35. The fraction of sp³-hybridized carbons (Fsp3) is 0.500. The fourth-order valence-electron chi connectivity index (χ4n) is 4.77. The van der Waals surface area contributed by atoms with Crippen LogP contribution in [0.4, 0.5) is 0 Å². The van der Waals surface area contributed by atoms with E-state index in [4.69, 9.17) is 4.98 Å². The summed E-state index contributed by atoms with van der Waals surface area (Å²) in [5.74, 6) is -0.00139. The van der Waals surface area contributed by atoms with Crippen LogP contribution < -0.4 is 5.32 Å². The Morgan fingerprint density at radius 3 is 2.60 bits per heavy atom. The zero-order valence-electron chi connectivity index (χ0n) is 18.4. The number of nitrogens with zero attached hydrogens (tertiary/aromatic N) is 3. The number of aryl methyl sites for hydroxylation is 2. The monoisotopic (exact) mass is 424 g/mol. The van der Waals surface area contributed by atoms with Crippen LogP contribution in [0.3, 0.4) is 0 Å². The number of nitrogens with one attached hydrogen (secondary N) is 1. The molecule has 4 heterocycles. The second kappa shape index (κ2) is 8.90. The lowest BCUT2D eigenvalue weighted by molar-refractivity contribution is 0.0929. The van der Waals surface area contributed by atoms with Gasteiger partial charge in [0, 0.05) is 48.6 Å². The summed E-state index contributed by atoms with van der Waals surface area (Å²) < 4.78 is 2.04. The number of aromatic nitrogens is 2. The van der Waals surface area contributed by atoms with Crippen LogP contribution >= 0.6 is 11.3 Å². The highest BCUT2D eigenvalue weighted by molar-refractivity contribution is 7.21. The van der Waals surface area contributed by atoms with Crippen LogP contribution in [0.2, 0.25) is 0 Å². The number of hydrogen-bond donors (Lipinski definition) is 1. The molecule has 1 fully saturated rings. The van der Waals surface area contributed by atoms with Crippen molar-refractivity contribution in [1.82, 2.24) is 19.8 Å². The van der Waals surface area contributed by atoms with E-state index in [9.17, 15) is 4.79 Å². The average Bonchev–Trinajstić information content (AvgIpc) is 3.34. The Kier molecular flexibility index (Phi) is 6.25. The molecule has 0 radical (unpaired) electrons. The van der Waals surface area contributed by atoms with Gasteiger partial charge in [0.05, 0.1) is 5.69 Å². The standard InChI is InChI=1S/C24H32N4OS/c1-16-15-17(2)26-24-20(16)21(27-12-5-6-13-27)22(30-24)23(29)25-11-8-14-28-18(3)9-7-10-19(28)4/h5-6,12-13,15,18-19H,7-11,14H2,1-4H3,(H,25,29). The van der Waals surface area contributed by atoms with E-state index in [0.29, 0.717) is 18.6 Å². The number of hydrogen-bond acceptors (Lipinski definition) is 4. The predicted octanol–water partition coefficient (Wildman–Crippen LogP) is 5.09. The summed E-state index contributed by atoms with van der Waals surface area (Å²) in [6.45, 7) is 10.5. The molecule has 0 saturated carbocycles. The largest absolute Gasteiger partial charge is 0.351 e. The Balaban J connectivity index is 1.51.